The van der Waals surface area contributed by atoms with Crippen LogP contribution in [0.25, 0.3) is 10.6 Å². The van der Waals surface area contributed by atoms with Crippen molar-refractivity contribution < 1.29 is 9.47 Å². The van der Waals surface area contributed by atoms with Crippen LogP contribution in [-0.4, -0.2) is 24.2 Å². The van der Waals surface area contributed by atoms with E-state index in [-0.39, 0.29) is 0 Å². The minimum atomic E-state index is 0.611. The summed E-state index contributed by atoms with van der Waals surface area (Å²) >= 11 is 3.13. The van der Waals surface area contributed by atoms with Crippen molar-refractivity contribution in [2.45, 2.75) is 10.8 Å². The largest absolute Gasteiger partial charge is 0.497 e. The van der Waals surface area contributed by atoms with Crippen LogP contribution < -0.4 is 9.47 Å². The van der Waals surface area contributed by atoms with Gasteiger partial charge in [-0.2, -0.15) is 5.26 Å². The summed E-state index contributed by atoms with van der Waals surface area (Å²) in [5.41, 5.74) is 2.51. The standard InChI is InChI=1S/C18H15N3O2S2/c1-22-14-3-4-15(16(8-14)23-2)18-21-13(11-25-18)10-24-17-7-12(9-19)5-6-20-17/h3-8,11H,10H2,1-2H3. The zero-order chi connectivity index (χ0) is 17.6. The zero-order valence-corrected chi connectivity index (χ0v) is 15.4. The van der Waals surface area contributed by atoms with E-state index in [1.165, 1.54) is 0 Å². The minimum Gasteiger partial charge on any atom is -0.497 e. The van der Waals surface area contributed by atoms with E-state index in [0.29, 0.717) is 11.3 Å². The van der Waals surface area contributed by atoms with Gasteiger partial charge in [0.05, 0.1) is 42.1 Å². The maximum Gasteiger partial charge on any atom is 0.132 e. The van der Waals surface area contributed by atoms with E-state index in [1.54, 1.807) is 55.6 Å². The van der Waals surface area contributed by atoms with Gasteiger partial charge in [-0.3, -0.25) is 0 Å². The van der Waals surface area contributed by atoms with Gasteiger partial charge in [-0.1, -0.05) is 11.8 Å². The van der Waals surface area contributed by atoms with E-state index in [0.717, 1.165) is 32.8 Å². The molecule has 126 valence electrons. The van der Waals surface area contributed by atoms with E-state index in [9.17, 15) is 0 Å². The number of benzene rings is 1. The van der Waals surface area contributed by atoms with E-state index in [4.69, 9.17) is 14.7 Å². The molecule has 7 heteroatoms. The first-order chi connectivity index (χ1) is 12.2. The predicted molar refractivity (Wildman–Crippen MR) is 99.2 cm³/mol. The van der Waals surface area contributed by atoms with Gasteiger partial charge < -0.3 is 9.47 Å². The second kappa shape index (κ2) is 8.01. The van der Waals surface area contributed by atoms with Gasteiger partial charge in [-0.05, 0) is 24.3 Å². The van der Waals surface area contributed by atoms with Gasteiger partial charge in [-0.25, -0.2) is 9.97 Å². The Hall–Kier alpha value is -2.56. The van der Waals surface area contributed by atoms with Crippen LogP contribution in [0, 0.1) is 11.3 Å². The van der Waals surface area contributed by atoms with Crippen LogP contribution in [0.1, 0.15) is 11.3 Å². The molecule has 2 aromatic heterocycles. The Morgan fingerprint density at radius 1 is 1.20 bits per heavy atom. The van der Waals surface area contributed by atoms with Crippen molar-refractivity contribution in [3.63, 3.8) is 0 Å². The number of nitrogens with zero attached hydrogens (tertiary/aromatic N) is 3. The van der Waals surface area contributed by atoms with Crippen molar-refractivity contribution in [2.75, 3.05) is 14.2 Å². The molecule has 0 atom stereocenters. The lowest BCUT2D eigenvalue weighted by molar-refractivity contribution is 0.395. The first-order valence-corrected chi connectivity index (χ1v) is 9.25. The van der Waals surface area contributed by atoms with Gasteiger partial charge in [0.15, 0.2) is 0 Å². The second-order valence-electron chi connectivity index (χ2n) is 4.99. The summed E-state index contributed by atoms with van der Waals surface area (Å²) in [5.74, 6) is 2.17. The number of hydrogen-bond acceptors (Lipinski definition) is 7. The lowest BCUT2D eigenvalue weighted by Gasteiger charge is -2.08. The summed E-state index contributed by atoms with van der Waals surface area (Å²) < 4.78 is 10.7. The van der Waals surface area contributed by atoms with Crippen molar-refractivity contribution in [3.8, 4) is 28.1 Å². The highest BCUT2D eigenvalue weighted by molar-refractivity contribution is 7.98. The normalized spacial score (nSPS) is 10.3. The molecule has 25 heavy (non-hydrogen) atoms. The van der Waals surface area contributed by atoms with Crippen molar-refractivity contribution in [1.29, 1.82) is 5.26 Å². The molecule has 0 saturated heterocycles. The van der Waals surface area contributed by atoms with E-state index < -0.39 is 0 Å². The fraction of sp³-hybridized carbons (Fsp3) is 0.167. The number of methoxy groups -OCH3 is 2. The summed E-state index contributed by atoms with van der Waals surface area (Å²) in [7, 11) is 3.26. The van der Waals surface area contributed by atoms with Crippen LogP contribution in [0.15, 0.2) is 46.9 Å². The Kier molecular flexibility index (Phi) is 5.53. The van der Waals surface area contributed by atoms with Crippen LogP contribution in [0.4, 0.5) is 0 Å². The second-order valence-corrected chi connectivity index (χ2v) is 6.85. The van der Waals surface area contributed by atoms with Gasteiger partial charge in [-0.15, -0.1) is 11.3 Å². The number of hydrogen-bond donors (Lipinski definition) is 0. The summed E-state index contributed by atoms with van der Waals surface area (Å²) in [5, 5.41) is 12.7. The molecule has 2 heterocycles. The van der Waals surface area contributed by atoms with Gasteiger partial charge >= 0.3 is 0 Å². The monoisotopic (exact) mass is 369 g/mol. The van der Waals surface area contributed by atoms with Gasteiger partial charge in [0, 0.05) is 23.4 Å². The first kappa shape index (κ1) is 17.3. The molecule has 3 rings (SSSR count). The lowest BCUT2D eigenvalue weighted by Crippen LogP contribution is -1.90. The smallest absolute Gasteiger partial charge is 0.132 e. The highest BCUT2D eigenvalue weighted by atomic mass is 32.2. The SMILES string of the molecule is COc1ccc(-c2nc(CSc3cc(C#N)ccn3)cs2)c(OC)c1. The predicted octanol–water partition coefficient (Wildman–Crippen LogP) is 4.39. The number of nitriles is 1. The van der Waals surface area contributed by atoms with Crippen molar-refractivity contribution in [3.05, 3.63) is 53.2 Å². The molecule has 0 amide bonds. The van der Waals surface area contributed by atoms with Crippen molar-refractivity contribution in [2.24, 2.45) is 0 Å². The molecule has 0 radical (unpaired) electrons. The molecule has 0 aliphatic heterocycles. The molecule has 0 saturated carbocycles. The third-order valence-corrected chi connectivity index (χ3v) is 5.31. The maximum atomic E-state index is 8.94. The quantitative estimate of drug-likeness (QED) is 0.601. The summed E-state index contributed by atoms with van der Waals surface area (Å²) in [6.45, 7) is 0. The topological polar surface area (TPSA) is 68.0 Å². The molecule has 1 aromatic carbocycles. The Balaban J connectivity index is 1.75. The number of rotatable bonds is 6. The molecule has 0 N–H and O–H groups in total. The third-order valence-electron chi connectivity index (χ3n) is 3.42. The Bertz CT molecular complexity index is 919. The van der Waals surface area contributed by atoms with Gasteiger partial charge in [0.2, 0.25) is 0 Å². The summed E-state index contributed by atoms with van der Waals surface area (Å²) in [4.78, 5) is 8.95. The minimum absolute atomic E-state index is 0.611. The number of thiazole rings is 1. The summed E-state index contributed by atoms with van der Waals surface area (Å²) in [6, 6.07) is 11.3. The average Bonchev–Trinajstić information content (AvgIpc) is 3.14. The molecule has 0 bridgehead atoms. The van der Waals surface area contributed by atoms with Crippen LogP contribution in [0.2, 0.25) is 0 Å². The molecule has 0 spiro atoms. The molecule has 3 aromatic rings. The van der Waals surface area contributed by atoms with Crippen LogP contribution in [0.5, 0.6) is 11.5 Å². The molecule has 0 aliphatic rings. The Morgan fingerprint density at radius 2 is 2.08 bits per heavy atom. The zero-order valence-electron chi connectivity index (χ0n) is 13.7. The highest BCUT2D eigenvalue weighted by Gasteiger charge is 2.12. The van der Waals surface area contributed by atoms with Crippen molar-refractivity contribution in [1.82, 2.24) is 9.97 Å². The van der Waals surface area contributed by atoms with Crippen LogP contribution >= 0.6 is 23.1 Å². The maximum absolute atomic E-state index is 8.94. The molecular weight excluding hydrogens is 354 g/mol. The Morgan fingerprint density at radius 3 is 2.84 bits per heavy atom. The lowest BCUT2D eigenvalue weighted by atomic mass is 10.2. The molecule has 0 unspecified atom stereocenters. The van der Waals surface area contributed by atoms with Crippen LogP contribution in [-0.2, 0) is 5.75 Å². The number of thioether (sulfide) groups is 1. The van der Waals surface area contributed by atoms with Crippen LogP contribution in [0.3, 0.4) is 0 Å². The highest BCUT2D eigenvalue weighted by Crippen LogP contribution is 2.35. The number of ether oxygens (including phenoxy) is 2. The number of aromatic nitrogens is 2. The summed E-state index contributed by atoms with van der Waals surface area (Å²) in [6.07, 6.45) is 1.65. The van der Waals surface area contributed by atoms with Gasteiger partial charge in [0.1, 0.15) is 16.5 Å². The molecular formula is C18H15N3O2S2. The fourth-order valence-corrected chi connectivity index (χ4v) is 3.92. The number of pyridine rings is 1. The third kappa shape index (κ3) is 4.10. The first-order valence-electron chi connectivity index (χ1n) is 7.39. The van der Waals surface area contributed by atoms with Crippen molar-refractivity contribution >= 4 is 23.1 Å². The molecule has 0 fully saturated rings. The average molecular weight is 369 g/mol. The fourth-order valence-electron chi connectivity index (χ4n) is 2.18. The molecule has 5 nitrogen and oxygen atoms in total. The van der Waals surface area contributed by atoms with E-state index >= 15 is 0 Å². The van der Waals surface area contributed by atoms with E-state index in [2.05, 4.69) is 16.0 Å². The molecule has 0 aliphatic carbocycles. The van der Waals surface area contributed by atoms with Gasteiger partial charge in [0.25, 0.3) is 0 Å². The van der Waals surface area contributed by atoms with E-state index in [1.807, 2.05) is 23.6 Å². The Labute approximate surface area is 154 Å².